The van der Waals surface area contributed by atoms with Gasteiger partial charge in [0.1, 0.15) is 0 Å². The molecule has 1 aromatic rings. The van der Waals surface area contributed by atoms with Gasteiger partial charge in [-0.15, -0.1) is 0 Å². The highest BCUT2D eigenvalue weighted by molar-refractivity contribution is 7.98. The number of benzene rings is 1. The van der Waals surface area contributed by atoms with Crippen molar-refractivity contribution in [1.29, 1.82) is 0 Å². The van der Waals surface area contributed by atoms with E-state index in [-0.39, 0.29) is 6.04 Å². The van der Waals surface area contributed by atoms with Gasteiger partial charge in [-0.1, -0.05) is 25.1 Å². The van der Waals surface area contributed by atoms with Gasteiger partial charge in [0.05, 0.1) is 4.90 Å². The average Bonchev–Trinajstić information content (AvgIpc) is 2.47. The topological polar surface area (TPSA) is 49.4 Å². The first-order chi connectivity index (χ1) is 9.95. The smallest absolute Gasteiger partial charge is 0.243 e. The first-order valence-corrected chi connectivity index (χ1v) is 10.0. The summed E-state index contributed by atoms with van der Waals surface area (Å²) in [4.78, 5) is 0.407. The molecular weight excluding hydrogens is 304 g/mol. The lowest BCUT2D eigenvalue weighted by molar-refractivity contribution is 0.414. The van der Waals surface area contributed by atoms with Crippen molar-refractivity contribution in [3.63, 3.8) is 0 Å². The van der Waals surface area contributed by atoms with E-state index in [4.69, 9.17) is 0 Å². The maximum absolute atomic E-state index is 12.8. The van der Waals surface area contributed by atoms with E-state index < -0.39 is 10.0 Å². The number of rotatable bonds is 9. The Balaban J connectivity index is 3.02. The maximum Gasteiger partial charge on any atom is 0.243 e. The summed E-state index contributed by atoms with van der Waals surface area (Å²) in [6.07, 6.45) is 3.01. The summed E-state index contributed by atoms with van der Waals surface area (Å²) in [7, 11) is -1.79. The van der Waals surface area contributed by atoms with Crippen molar-refractivity contribution < 1.29 is 8.42 Å². The molecule has 0 heterocycles. The Hall–Kier alpha value is -0.560. The summed E-state index contributed by atoms with van der Waals surface area (Å²) in [5.74, 6) is 0.784. The lowest BCUT2D eigenvalue weighted by atomic mass is 10.2. The Labute approximate surface area is 133 Å². The standard InChI is InChI=1S/C15H26N2O2S2/c1-5-10-16-11-14-8-6-7-9-15(14)21(18,19)17(3)13(2)12-20-4/h6-9,13,16H,5,10-12H2,1-4H3. The van der Waals surface area contributed by atoms with E-state index in [0.717, 1.165) is 24.3 Å². The normalized spacial score (nSPS) is 13.6. The molecular formula is C15H26N2O2S2. The molecule has 1 N–H and O–H groups in total. The Morgan fingerprint density at radius 2 is 2.00 bits per heavy atom. The summed E-state index contributed by atoms with van der Waals surface area (Å²) in [6, 6.07) is 7.21. The predicted octanol–water partition coefficient (Wildman–Crippen LogP) is 2.56. The minimum Gasteiger partial charge on any atom is -0.313 e. The van der Waals surface area contributed by atoms with E-state index in [1.807, 2.05) is 25.3 Å². The van der Waals surface area contributed by atoms with Gasteiger partial charge in [0.15, 0.2) is 0 Å². The minimum absolute atomic E-state index is 0.0262. The van der Waals surface area contributed by atoms with Crippen molar-refractivity contribution in [2.45, 2.75) is 37.8 Å². The summed E-state index contributed by atoms with van der Waals surface area (Å²) in [5, 5.41) is 3.27. The van der Waals surface area contributed by atoms with Gasteiger partial charge in [0, 0.05) is 25.4 Å². The monoisotopic (exact) mass is 330 g/mol. The van der Waals surface area contributed by atoms with Crippen LogP contribution in [0.25, 0.3) is 0 Å². The Morgan fingerprint density at radius 1 is 1.33 bits per heavy atom. The molecule has 0 aromatic heterocycles. The van der Waals surface area contributed by atoms with Crippen molar-refractivity contribution in [2.75, 3.05) is 25.6 Å². The van der Waals surface area contributed by atoms with Crippen LogP contribution in [0.3, 0.4) is 0 Å². The predicted molar refractivity (Wildman–Crippen MR) is 91.2 cm³/mol. The Morgan fingerprint density at radius 3 is 2.62 bits per heavy atom. The lowest BCUT2D eigenvalue weighted by Crippen LogP contribution is -2.37. The van der Waals surface area contributed by atoms with E-state index in [1.54, 1.807) is 30.9 Å². The number of nitrogens with one attached hydrogen (secondary N) is 1. The van der Waals surface area contributed by atoms with Gasteiger partial charge in [-0.3, -0.25) is 0 Å². The van der Waals surface area contributed by atoms with Gasteiger partial charge in [0.2, 0.25) is 10.0 Å². The molecule has 6 heteroatoms. The van der Waals surface area contributed by atoms with Crippen LogP contribution in [0.2, 0.25) is 0 Å². The van der Waals surface area contributed by atoms with Gasteiger partial charge >= 0.3 is 0 Å². The van der Waals surface area contributed by atoms with Crippen molar-refractivity contribution >= 4 is 21.8 Å². The molecule has 0 saturated heterocycles. The number of sulfonamides is 1. The summed E-state index contributed by atoms with van der Waals surface area (Å²) in [5.41, 5.74) is 0.828. The fraction of sp³-hybridized carbons (Fsp3) is 0.600. The SMILES string of the molecule is CCCNCc1ccccc1S(=O)(=O)N(C)C(C)CSC. The van der Waals surface area contributed by atoms with Gasteiger partial charge < -0.3 is 5.32 Å². The van der Waals surface area contributed by atoms with Gasteiger partial charge in [0.25, 0.3) is 0 Å². The Bertz CT molecular complexity index is 532. The average molecular weight is 331 g/mol. The van der Waals surface area contributed by atoms with Crippen LogP contribution in [0, 0.1) is 0 Å². The van der Waals surface area contributed by atoms with E-state index in [2.05, 4.69) is 12.2 Å². The molecule has 0 bridgehead atoms. The third kappa shape index (κ3) is 4.98. The number of nitrogens with zero attached hydrogens (tertiary/aromatic N) is 1. The van der Waals surface area contributed by atoms with Gasteiger partial charge in [-0.2, -0.15) is 16.1 Å². The van der Waals surface area contributed by atoms with Crippen molar-refractivity contribution in [3.05, 3.63) is 29.8 Å². The molecule has 0 saturated carbocycles. The zero-order valence-corrected chi connectivity index (χ0v) is 14.9. The van der Waals surface area contributed by atoms with Crippen LogP contribution in [0.5, 0.6) is 0 Å². The van der Waals surface area contributed by atoms with E-state index in [0.29, 0.717) is 11.4 Å². The first-order valence-electron chi connectivity index (χ1n) is 7.20. The van der Waals surface area contributed by atoms with E-state index >= 15 is 0 Å². The number of hydrogen-bond donors (Lipinski definition) is 1. The fourth-order valence-electron chi connectivity index (χ4n) is 2.04. The molecule has 1 atom stereocenters. The van der Waals surface area contributed by atoms with Crippen LogP contribution in [0.4, 0.5) is 0 Å². The summed E-state index contributed by atoms with van der Waals surface area (Å²) < 4.78 is 27.1. The zero-order valence-electron chi connectivity index (χ0n) is 13.3. The van der Waals surface area contributed by atoms with Crippen LogP contribution in [-0.2, 0) is 16.6 Å². The molecule has 0 aliphatic carbocycles. The first kappa shape index (κ1) is 18.5. The maximum atomic E-state index is 12.8. The van der Waals surface area contributed by atoms with Crippen LogP contribution < -0.4 is 5.32 Å². The minimum atomic E-state index is -3.45. The zero-order chi connectivity index (χ0) is 15.9. The summed E-state index contributed by atoms with van der Waals surface area (Å²) in [6.45, 7) is 5.49. The van der Waals surface area contributed by atoms with E-state index in [1.165, 1.54) is 4.31 Å². The van der Waals surface area contributed by atoms with Crippen molar-refractivity contribution in [1.82, 2.24) is 9.62 Å². The largest absolute Gasteiger partial charge is 0.313 e. The molecule has 0 aliphatic heterocycles. The molecule has 1 rings (SSSR count). The molecule has 1 aromatic carbocycles. The second kappa shape index (κ2) is 8.78. The lowest BCUT2D eigenvalue weighted by Gasteiger charge is -2.25. The number of thioether (sulfide) groups is 1. The highest BCUT2D eigenvalue weighted by Gasteiger charge is 2.26. The van der Waals surface area contributed by atoms with Crippen LogP contribution in [0.1, 0.15) is 25.8 Å². The van der Waals surface area contributed by atoms with Crippen LogP contribution in [-0.4, -0.2) is 44.4 Å². The van der Waals surface area contributed by atoms with E-state index in [9.17, 15) is 8.42 Å². The number of hydrogen-bond acceptors (Lipinski definition) is 4. The van der Waals surface area contributed by atoms with Gasteiger partial charge in [-0.25, -0.2) is 8.42 Å². The molecule has 0 fully saturated rings. The molecule has 21 heavy (non-hydrogen) atoms. The second-order valence-corrected chi connectivity index (χ2v) is 7.99. The quantitative estimate of drug-likeness (QED) is 0.707. The second-order valence-electron chi connectivity index (χ2n) is 5.11. The molecule has 0 radical (unpaired) electrons. The molecule has 4 nitrogen and oxygen atoms in total. The van der Waals surface area contributed by atoms with Crippen LogP contribution >= 0.6 is 11.8 Å². The third-order valence-corrected chi connectivity index (χ3v) is 6.29. The van der Waals surface area contributed by atoms with Crippen molar-refractivity contribution in [2.24, 2.45) is 0 Å². The third-order valence-electron chi connectivity index (χ3n) is 3.40. The molecule has 0 aliphatic rings. The fourth-order valence-corrected chi connectivity index (χ4v) is 4.42. The molecule has 0 spiro atoms. The molecule has 1 unspecified atom stereocenters. The highest BCUT2D eigenvalue weighted by Crippen LogP contribution is 2.21. The summed E-state index contributed by atoms with van der Waals surface area (Å²) >= 11 is 1.65. The van der Waals surface area contributed by atoms with Gasteiger partial charge in [-0.05, 0) is 37.8 Å². The van der Waals surface area contributed by atoms with Crippen molar-refractivity contribution in [3.8, 4) is 0 Å². The highest BCUT2D eigenvalue weighted by atomic mass is 32.2. The molecule has 120 valence electrons. The Kier molecular flexibility index (Phi) is 7.73. The van der Waals surface area contributed by atoms with Crippen LogP contribution in [0.15, 0.2) is 29.2 Å². The molecule has 0 amide bonds.